The van der Waals surface area contributed by atoms with Gasteiger partial charge in [-0.25, -0.2) is 4.98 Å². The Hall–Kier alpha value is -1.21. The molecule has 0 atom stereocenters. The molecule has 0 spiro atoms. The number of nitrogens with one attached hydrogen (secondary N) is 1. The van der Waals surface area contributed by atoms with Crippen molar-refractivity contribution in [3.63, 3.8) is 0 Å². The predicted octanol–water partition coefficient (Wildman–Crippen LogP) is 3.04. The molecule has 0 amide bonds. The van der Waals surface area contributed by atoms with Gasteiger partial charge in [0, 0.05) is 17.5 Å². The third-order valence-electron chi connectivity index (χ3n) is 3.45. The summed E-state index contributed by atoms with van der Waals surface area (Å²) in [4.78, 5) is 4.23. The lowest BCUT2D eigenvalue weighted by Crippen LogP contribution is -2.30. The fourth-order valence-electron chi connectivity index (χ4n) is 2.35. The maximum Gasteiger partial charge on any atom is 0.143 e. The Balaban J connectivity index is 2.04. The van der Waals surface area contributed by atoms with Crippen molar-refractivity contribution in [1.82, 2.24) is 4.98 Å². The first kappa shape index (κ1) is 12.3. The van der Waals surface area contributed by atoms with Gasteiger partial charge >= 0.3 is 0 Å². The minimum absolute atomic E-state index is 0.338. The normalized spacial score (nSPS) is 17.6. The Bertz CT molecular complexity index is 419. The first-order valence-corrected chi connectivity index (χ1v) is 7.16. The fraction of sp³-hybridized carbons (Fsp3) is 0.538. The van der Waals surface area contributed by atoms with Crippen molar-refractivity contribution in [3.05, 3.63) is 23.9 Å². The van der Waals surface area contributed by atoms with Crippen molar-refractivity contribution in [3.8, 4) is 6.07 Å². The van der Waals surface area contributed by atoms with Gasteiger partial charge in [-0.05, 0) is 31.2 Å². The van der Waals surface area contributed by atoms with Crippen LogP contribution in [0.3, 0.4) is 0 Å². The molecule has 3 nitrogen and oxygen atoms in total. The maximum absolute atomic E-state index is 9.00. The van der Waals surface area contributed by atoms with E-state index in [0.29, 0.717) is 10.3 Å². The lowest BCUT2D eigenvalue weighted by molar-refractivity contribution is 0.638. The summed E-state index contributed by atoms with van der Waals surface area (Å²) in [6.45, 7) is 0.903. The average Bonchev–Trinajstić information content (AvgIpc) is 2.86. The maximum atomic E-state index is 9.00. The third kappa shape index (κ3) is 2.73. The van der Waals surface area contributed by atoms with Crippen LogP contribution in [0.4, 0.5) is 5.82 Å². The molecule has 1 N–H and O–H groups in total. The van der Waals surface area contributed by atoms with Crippen molar-refractivity contribution in [2.24, 2.45) is 0 Å². The molecule has 4 heteroatoms. The summed E-state index contributed by atoms with van der Waals surface area (Å²) < 4.78 is 0.338. The Labute approximate surface area is 107 Å². The van der Waals surface area contributed by atoms with Crippen LogP contribution in [0, 0.1) is 11.3 Å². The summed E-state index contributed by atoms with van der Waals surface area (Å²) >= 11 is 1.94. The standard InChI is InChI=1S/C13H17N3S/c1-17-13(6-2-3-7-13)10-16-12-11(9-14)5-4-8-15-12/h4-5,8H,2-3,6-7,10H2,1H3,(H,15,16). The quantitative estimate of drug-likeness (QED) is 0.888. The second-order valence-electron chi connectivity index (χ2n) is 4.46. The average molecular weight is 247 g/mol. The number of aromatic nitrogens is 1. The fourth-order valence-corrected chi connectivity index (χ4v) is 3.27. The molecule has 1 aliphatic rings. The Morgan fingerprint density at radius 3 is 2.94 bits per heavy atom. The molecule has 2 rings (SSSR count). The Morgan fingerprint density at radius 1 is 1.53 bits per heavy atom. The summed E-state index contributed by atoms with van der Waals surface area (Å²) in [7, 11) is 0. The van der Waals surface area contributed by atoms with E-state index < -0.39 is 0 Å². The molecule has 90 valence electrons. The molecule has 1 fully saturated rings. The molecular formula is C13H17N3S. The van der Waals surface area contributed by atoms with E-state index >= 15 is 0 Å². The van der Waals surface area contributed by atoms with Crippen LogP contribution in [0.15, 0.2) is 18.3 Å². The number of thioether (sulfide) groups is 1. The van der Waals surface area contributed by atoms with Crippen LogP contribution in [-0.2, 0) is 0 Å². The van der Waals surface area contributed by atoms with Gasteiger partial charge < -0.3 is 5.32 Å². The van der Waals surface area contributed by atoms with Crippen LogP contribution in [0.5, 0.6) is 0 Å². The van der Waals surface area contributed by atoms with Crippen molar-refractivity contribution in [2.45, 2.75) is 30.4 Å². The van der Waals surface area contributed by atoms with E-state index in [4.69, 9.17) is 5.26 Å². The van der Waals surface area contributed by atoms with E-state index in [9.17, 15) is 0 Å². The molecular weight excluding hydrogens is 230 g/mol. The third-order valence-corrected chi connectivity index (χ3v) is 4.87. The van der Waals surface area contributed by atoms with Gasteiger partial charge in [-0.15, -0.1) is 0 Å². The zero-order valence-corrected chi connectivity index (χ0v) is 10.9. The van der Waals surface area contributed by atoms with Crippen LogP contribution in [0.2, 0.25) is 0 Å². The van der Waals surface area contributed by atoms with Crippen LogP contribution < -0.4 is 5.32 Å². The second-order valence-corrected chi connectivity index (χ2v) is 5.73. The molecule has 1 aliphatic carbocycles. The molecule has 0 saturated heterocycles. The number of rotatable bonds is 4. The van der Waals surface area contributed by atoms with E-state index in [-0.39, 0.29) is 0 Å². The summed E-state index contributed by atoms with van der Waals surface area (Å²) in [5, 5.41) is 12.3. The van der Waals surface area contributed by atoms with Gasteiger partial charge in [0.1, 0.15) is 11.9 Å². The van der Waals surface area contributed by atoms with Crippen molar-refractivity contribution >= 4 is 17.6 Å². The first-order valence-electron chi connectivity index (χ1n) is 5.94. The minimum Gasteiger partial charge on any atom is -0.368 e. The number of nitrogens with zero attached hydrogens (tertiary/aromatic N) is 2. The number of hydrogen-bond donors (Lipinski definition) is 1. The highest BCUT2D eigenvalue weighted by atomic mass is 32.2. The molecule has 1 saturated carbocycles. The van der Waals surface area contributed by atoms with Crippen LogP contribution in [0.1, 0.15) is 31.2 Å². The topological polar surface area (TPSA) is 48.7 Å². The molecule has 0 aromatic carbocycles. The molecule has 1 aromatic heterocycles. The van der Waals surface area contributed by atoms with Crippen LogP contribution >= 0.6 is 11.8 Å². The predicted molar refractivity (Wildman–Crippen MR) is 72.2 cm³/mol. The highest BCUT2D eigenvalue weighted by Crippen LogP contribution is 2.40. The molecule has 1 aromatic rings. The molecule has 0 unspecified atom stereocenters. The monoisotopic (exact) mass is 247 g/mol. The van der Waals surface area contributed by atoms with E-state index in [1.807, 2.05) is 11.8 Å². The van der Waals surface area contributed by atoms with Gasteiger partial charge in [0.25, 0.3) is 0 Å². The largest absolute Gasteiger partial charge is 0.368 e. The molecule has 1 heterocycles. The van der Waals surface area contributed by atoms with Gasteiger partial charge in [0.15, 0.2) is 0 Å². The molecule has 0 radical (unpaired) electrons. The van der Waals surface area contributed by atoms with Crippen LogP contribution in [-0.4, -0.2) is 22.5 Å². The van der Waals surface area contributed by atoms with E-state index in [2.05, 4.69) is 22.6 Å². The smallest absolute Gasteiger partial charge is 0.143 e. The van der Waals surface area contributed by atoms with Crippen LogP contribution in [0.25, 0.3) is 0 Å². The highest BCUT2D eigenvalue weighted by molar-refractivity contribution is 8.00. The van der Waals surface area contributed by atoms with Gasteiger partial charge in [0.2, 0.25) is 0 Å². The van der Waals surface area contributed by atoms with Crippen molar-refractivity contribution in [1.29, 1.82) is 5.26 Å². The van der Waals surface area contributed by atoms with Crippen molar-refractivity contribution < 1.29 is 0 Å². The summed E-state index contributed by atoms with van der Waals surface area (Å²) in [5.41, 5.74) is 0.627. The van der Waals surface area contributed by atoms with Gasteiger partial charge in [0.05, 0.1) is 5.56 Å². The number of hydrogen-bond acceptors (Lipinski definition) is 4. The van der Waals surface area contributed by atoms with Crippen molar-refractivity contribution in [2.75, 3.05) is 18.1 Å². The van der Waals surface area contributed by atoms with E-state index in [1.165, 1.54) is 25.7 Å². The SMILES string of the molecule is CSC1(CNc2ncccc2C#N)CCCC1. The van der Waals surface area contributed by atoms with Gasteiger partial charge in [-0.1, -0.05) is 12.8 Å². The second kappa shape index (κ2) is 5.42. The Kier molecular flexibility index (Phi) is 3.90. The van der Waals surface area contributed by atoms with E-state index in [1.54, 1.807) is 18.3 Å². The zero-order chi connectivity index (χ0) is 12.1. The molecule has 0 bridgehead atoms. The number of pyridine rings is 1. The zero-order valence-electron chi connectivity index (χ0n) is 10.1. The number of anilines is 1. The lowest BCUT2D eigenvalue weighted by atomic mass is 10.1. The summed E-state index contributed by atoms with van der Waals surface area (Å²) in [5.74, 6) is 0.718. The van der Waals surface area contributed by atoms with Gasteiger partial charge in [-0.2, -0.15) is 17.0 Å². The highest BCUT2D eigenvalue weighted by Gasteiger charge is 2.32. The summed E-state index contributed by atoms with van der Waals surface area (Å²) in [6.07, 6.45) is 9.05. The molecule has 17 heavy (non-hydrogen) atoms. The first-order chi connectivity index (χ1) is 8.29. The minimum atomic E-state index is 0.338. The lowest BCUT2D eigenvalue weighted by Gasteiger charge is -2.27. The number of nitriles is 1. The van der Waals surface area contributed by atoms with E-state index in [0.717, 1.165) is 12.4 Å². The molecule has 0 aliphatic heterocycles. The van der Waals surface area contributed by atoms with Gasteiger partial charge in [-0.3, -0.25) is 0 Å². The summed E-state index contributed by atoms with van der Waals surface area (Å²) in [6, 6.07) is 5.77. The Morgan fingerprint density at radius 2 is 2.29 bits per heavy atom.